The van der Waals surface area contributed by atoms with Gasteiger partial charge in [-0.25, -0.2) is 0 Å². The first-order chi connectivity index (χ1) is 22.2. The molecule has 0 aromatic rings. The minimum atomic E-state index is -0.227. The number of hydrogen-bond acceptors (Lipinski definition) is 7. The predicted molar refractivity (Wildman–Crippen MR) is 182 cm³/mol. The van der Waals surface area contributed by atoms with Crippen molar-refractivity contribution in [3.05, 3.63) is 11.8 Å². The molecule has 0 radical (unpaired) electrons. The summed E-state index contributed by atoms with van der Waals surface area (Å²) in [6.45, 7) is 16.5. The van der Waals surface area contributed by atoms with E-state index in [9.17, 15) is 14.4 Å². The van der Waals surface area contributed by atoms with Crippen molar-refractivity contribution in [2.45, 2.75) is 150 Å². The van der Waals surface area contributed by atoms with Gasteiger partial charge in [-0.15, -0.1) is 0 Å². The Hall–Kier alpha value is -2.18. The number of esters is 2. The summed E-state index contributed by atoms with van der Waals surface area (Å²) in [7, 11) is 0. The highest BCUT2D eigenvalue weighted by molar-refractivity contribution is 5.82. The van der Waals surface area contributed by atoms with Crippen LogP contribution in [0.3, 0.4) is 0 Å². The minimum absolute atomic E-state index is 0.00113. The van der Waals surface area contributed by atoms with E-state index in [1.54, 1.807) is 12.6 Å². The van der Waals surface area contributed by atoms with E-state index in [-0.39, 0.29) is 53.3 Å². The van der Waals surface area contributed by atoms with Crippen molar-refractivity contribution in [2.24, 2.45) is 62.2 Å². The van der Waals surface area contributed by atoms with E-state index in [1.165, 1.54) is 63.9 Å². The minimum Gasteiger partial charge on any atom is -0.460 e. The van der Waals surface area contributed by atoms with Crippen LogP contribution in [-0.2, 0) is 23.9 Å². The smallest absolute Gasteiger partial charge is 0.325 e. The lowest BCUT2D eigenvalue weighted by Gasteiger charge is -2.69. The van der Waals surface area contributed by atoms with Crippen LogP contribution < -0.4 is 0 Å². The van der Waals surface area contributed by atoms with Crippen LogP contribution in [0.4, 0.5) is 0 Å². The van der Waals surface area contributed by atoms with E-state index >= 15 is 0 Å². The molecule has 6 aliphatic carbocycles. The molecule has 1 aliphatic heterocycles. The second kappa shape index (κ2) is 11.7. The molecule has 6 saturated carbocycles. The fourth-order valence-electron chi connectivity index (χ4n) is 13.9. The normalized spacial score (nSPS) is 46.9. The molecule has 12 unspecified atom stereocenters. The van der Waals surface area contributed by atoms with Crippen molar-refractivity contribution in [1.82, 2.24) is 4.90 Å². The average molecular weight is 649 g/mol. The van der Waals surface area contributed by atoms with Crippen LogP contribution >= 0.6 is 0 Å². The molecule has 12 atom stereocenters. The summed E-state index contributed by atoms with van der Waals surface area (Å²) in [6.07, 6.45) is 17.7. The molecule has 0 spiro atoms. The van der Waals surface area contributed by atoms with E-state index in [0.29, 0.717) is 47.3 Å². The van der Waals surface area contributed by atoms with Gasteiger partial charge >= 0.3 is 11.9 Å². The maximum absolute atomic E-state index is 13.4. The molecule has 0 aromatic heterocycles. The van der Waals surface area contributed by atoms with Gasteiger partial charge in [-0.3, -0.25) is 19.4 Å². The monoisotopic (exact) mass is 648 g/mol. The van der Waals surface area contributed by atoms with Gasteiger partial charge in [0.05, 0.1) is 24.7 Å². The second-order valence-corrected chi connectivity index (χ2v) is 18.5. The Morgan fingerprint density at radius 3 is 2.43 bits per heavy atom. The molecule has 7 nitrogen and oxygen atoms in total. The third kappa shape index (κ3) is 5.34. The molecule has 7 heteroatoms. The number of nitrogens with zero attached hydrogens (tertiary/aromatic N) is 2. The van der Waals surface area contributed by atoms with Crippen LogP contribution in [0.25, 0.3) is 0 Å². The first kappa shape index (κ1) is 33.3. The number of ketones is 1. The van der Waals surface area contributed by atoms with Crippen LogP contribution in [0, 0.1) is 57.2 Å². The molecule has 7 rings (SSSR count). The average Bonchev–Trinajstić information content (AvgIpc) is 3.57. The maximum Gasteiger partial charge on any atom is 0.325 e. The van der Waals surface area contributed by atoms with Crippen molar-refractivity contribution in [2.75, 3.05) is 6.54 Å². The highest BCUT2D eigenvalue weighted by atomic mass is 16.5. The zero-order valence-corrected chi connectivity index (χ0v) is 30.2. The molecular weight excluding hydrogens is 588 g/mol. The van der Waals surface area contributed by atoms with Crippen molar-refractivity contribution < 1.29 is 23.9 Å². The van der Waals surface area contributed by atoms with Crippen molar-refractivity contribution >= 4 is 24.1 Å². The second-order valence-electron chi connectivity index (χ2n) is 18.5. The Bertz CT molecular complexity index is 1350. The lowest BCUT2D eigenvalue weighted by molar-refractivity contribution is -0.222. The summed E-state index contributed by atoms with van der Waals surface area (Å²) in [4.78, 5) is 43.5. The zero-order valence-electron chi connectivity index (χ0n) is 30.2. The number of ether oxygens (including phenoxy) is 2. The molecule has 0 bridgehead atoms. The number of hydrogen-bond donors (Lipinski definition) is 0. The van der Waals surface area contributed by atoms with Crippen molar-refractivity contribution in [3.8, 4) is 0 Å². The predicted octanol–water partition coefficient (Wildman–Crippen LogP) is 7.91. The van der Waals surface area contributed by atoms with Crippen molar-refractivity contribution in [3.63, 3.8) is 0 Å². The molecule has 6 fully saturated rings. The molecule has 7 aliphatic rings. The largest absolute Gasteiger partial charge is 0.460 e. The van der Waals surface area contributed by atoms with Gasteiger partial charge in [0.2, 0.25) is 0 Å². The van der Waals surface area contributed by atoms with E-state index in [1.807, 2.05) is 4.90 Å². The molecule has 0 saturated heterocycles. The quantitative estimate of drug-likeness (QED) is 0.223. The van der Waals surface area contributed by atoms with Gasteiger partial charge in [-0.1, -0.05) is 34.6 Å². The molecule has 260 valence electrons. The standard InChI is InChI=1S/C40H60N2O5/c1-24(22-46-25(2)43)27-12-16-38(5)17-13-29-28(36(27)38)9-11-33-39(29,6)18-14-32-37(3,4)34(15-19-40(32,33)7)47-35(45)21-42-23-41-30-20-26(44)8-10-31(30)42/h22-23,27-34,36H,8-21H2,1-7H3. The topological polar surface area (TPSA) is 85.3 Å². The van der Waals surface area contributed by atoms with Gasteiger partial charge < -0.3 is 14.4 Å². The molecule has 47 heavy (non-hydrogen) atoms. The van der Waals surface area contributed by atoms with Gasteiger partial charge in [-0.05, 0) is 135 Å². The zero-order chi connectivity index (χ0) is 33.5. The Morgan fingerprint density at radius 2 is 1.66 bits per heavy atom. The van der Waals surface area contributed by atoms with Gasteiger partial charge in [0.1, 0.15) is 18.4 Å². The Kier molecular flexibility index (Phi) is 8.31. The number of carbonyl (C=O) groups excluding carboxylic acids is 3. The van der Waals surface area contributed by atoms with Crippen LogP contribution in [0.5, 0.6) is 0 Å². The Balaban J connectivity index is 1.05. The lowest BCUT2D eigenvalue weighted by Crippen LogP contribution is -2.63. The summed E-state index contributed by atoms with van der Waals surface area (Å²) in [5.74, 6) is 3.81. The van der Waals surface area contributed by atoms with E-state index in [4.69, 9.17) is 9.47 Å². The number of rotatable bonds is 5. The maximum atomic E-state index is 13.4. The van der Waals surface area contributed by atoms with Crippen molar-refractivity contribution in [1.29, 1.82) is 0 Å². The summed E-state index contributed by atoms with van der Waals surface area (Å²) in [6, 6.07) is 0.154. The third-order valence-corrected chi connectivity index (χ3v) is 16.0. The highest BCUT2D eigenvalue weighted by Gasteiger charge is 2.67. The van der Waals surface area contributed by atoms with Gasteiger partial charge in [0.25, 0.3) is 0 Å². The summed E-state index contributed by atoms with van der Waals surface area (Å²) in [5.41, 5.74) is 2.15. The number of Topliss-reactive ketones (excluding diaryl/α,β-unsaturated/α-hetero) is 1. The molecule has 1 heterocycles. The fourth-order valence-corrected chi connectivity index (χ4v) is 13.9. The van der Waals surface area contributed by atoms with Gasteiger partial charge in [-0.2, -0.15) is 0 Å². The highest BCUT2D eigenvalue weighted by Crippen LogP contribution is 2.73. The first-order valence-electron chi connectivity index (χ1n) is 19.0. The Morgan fingerprint density at radius 1 is 0.915 bits per heavy atom. The van der Waals surface area contributed by atoms with Gasteiger partial charge in [0.15, 0.2) is 0 Å². The van der Waals surface area contributed by atoms with Crippen LogP contribution in [0.2, 0.25) is 0 Å². The Labute approximate surface area is 283 Å². The summed E-state index contributed by atoms with van der Waals surface area (Å²) >= 11 is 0. The number of allylic oxidation sites excluding steroid dienone is 1. The van der Waals surface area contributed by atoms with E-state index in [0.717, 1.165) is 31.1 Å². The molecule has 0 amide bonds. The van der Waals surface area contributed by atoms with Crippen LogP contribution in [0.15, 0.2) is 16.8 Å². The third-order valence-electron chi connectivity index (χ3n) is 16.0. The first-order valence-corrected chi connectivity index (χ1v) is 19.0. The van der Waals surface area contributed by atoms with Crippen LogP contribution in [0.1, 0.15) is 132 Å². The summed E-state index contributed by atoms with van der Waals surface area (Å²) in [5, 5.41) is 0. The molecule has 0 aromatic carbocycles. The van der Waals surface area contributed by atoms with Gasteiger partial charge in [0, 0.05) is 25.2 Å². The molecule has 0 N–H and O–H groups in total. The lowest BCUT2D eigenvalue weighted by atomic mass is 9.36. The van der Waals surface area contributed by atoms with Crippen LogP contribution in [-0.4, -0.2) is 53.7 Å². The molecular formula is C40H60N2O5. The number of fused-ring (bicyclic) bond motifs is 8. The number of carbonyl (C=O) groups is 3. The van der Waals surface area contributed by atoms with E-state index < -0.39 is 0 Å². The number of aliphatic imine (C=N–C) groups is 1. The summed E-state index contributed by atoms with van der Waals surface area (Å²) < 4.78 is 11.8. The fraction of sp³-hybridized carbons (Fsp3) is 0.850. The SMILES string of the molecule is CC(=O)OC=C(C)C1CCC2(C)CCC3C(CCC4C3(C)CCC3C(C)(C)C(OC(=O)CN5C=NC6CC(=O)CCC65)CCC34C)C12. The van der Waals surface area contributed by atoms with E-state index in [2.05, 4.69) is 46.5 Å².